The van der Waals surface area contributed by atoms with Crippen molar-refractivity contribution in [1.82, 2.24) is 9.97 Å². The maximum atomic E-state index is 12.5. The fraction of sp³-hybridized carbons (Fsp3) is 0.409. The van der Waals surface area contributed by atoms with Gasteiger partial charge in [0.2, 0.25) is 11.7 Å². The van der Waals surface area contributed by atoms with E-state index in [4.69, 9.17) is 4.84 Å². The number of aromatic nitrogens is 2. The molecular weight excluding hydrogens is 368 g/mol. The highest BCUT2D eigenvalue weighted by molar-refractivity contribution is 6.49. The zero-order chi connectivity index (χ0) is 20.6. The smallest absolute Gasteiger partial charge is 0.230 e. The summed E-state index contributed by atoms with van der Waals surface area (Å²) < 4.78 is 0. The first-order valence-corrected chi connectivity index (χ1v) is 9.90. The summed E-state index contributed by atoms with van der Waals surface area (Å²) in [5.74, 6) is 0.392. The molecule has 2 aromatic rings. The summed E-state index contributed by atoms with van der Waals surface area (Å²) in [6, 6.07) is 5.64. The molecule has 1 aliphatic carbocycles. The molecule has 0 bridgehead atoms. The van der Waals surface area contributed by atoms with Crippen LogP contribution < -0.4 is 5.32 Å². The molecule has 150 valence electrons. The first-order chi connectivity index (χ1) is 13.8. The number of Topliss-reactive ketones (excluding diaryl/α,β-unsaturated/α-hetero) is 1. The van der Waals surface area contributed by atoms with E-state index < -0.39 is 5.60 Å². The van der Waals surface area contributed by atoms with E-state index in [-0.39, 0.29) is 17.6 Å². The standard InChI is InChI=1S/C22H24N4O3/c1-13-8-9-15(19-20(27)22(2,3)29-26-19)10-16(13)17-11-24-18(12-23-17)25-21(28)14-6-4-5-7-14/h8-12,14H,4-7H2,1-3H3,(H,24,25,28). The van der Waals surface area contributed by atoms with E-state index in [0.29, 0.717) is 22.8 Å². The van der Waals surface area contributed by atoms with Gasteiger partial charge in [-0.1, -0.05) is 30.1 Å². The number of hydrogen-bond acceptors (Lipinski definition) is 6. The number of amides is 1. The first kappa shape index (κ1) is 19.2. The minimum absolute atomic E-state index is 0.0168. The summed E-state index contributed by atoms with van der Waals surface area (Å²) >= 11 is 0. The van der Waals surface area contributed by atoms with Gasteiger partial charge >= 0.3 is 0 Å². The molecule has 0 atom stereocenters. The van der Waals surface area contributed by atoms with Crippen molar-refractivity contribution in [2.45, 2.75) is 52.1 Å². The van der Waals surface area contributed by atoms with E-state index in [2.05, 4.69) is 20.4 Å². The Kier molecular flexibility index (Phi) is 4.90. The molecule has 1 fully saturated rings. The largest absolute Gasteiger partial charge is 0.381 e. The number of benzene rings is 1. The molecule has 1 aromatic carbocycles. The van der Waals surface area contributed by atoms with Crippen LogP contribution in [0.1, 0.15) is 50.7 Å². The second kappa shape index (κ2) is 7.39. The lowest BCUT2D eigenvalue weighted by Gasteiger charge is -2.12. The van der Waals surface area contributed by atoms with Crippen LogP contribution in [0.4, 0.5) is 5.82 Å². The van der Waals surface area contributed by atoms with Crippen LogP contribution in [-0.4, -0.2) is 33.0 Å². The molecule has 1 aromatic heterocycles. The number of hydrogen-bond donors (Lipinski definition) is 1. The van der Waals surface area contributed by atoms with Gasteiger partial charge in [-0.2, -0.15) is 0 Å². The maximum Gasteiger partial charge on any atom is 0.230 e. The number of nitrogens with one attached hydrogen (secondary N) is 1. The Labute approximate surface area is 169 Å². The highest BCUT2D eigenvalue weighted by Gasteiger charge is 2.40. The summed E-state index contributed by atoms with van der Waals surface area (Å²) in [7, 11) is 0. The monoisotopic (exact) mass is 392 g/mol. The minimum Gasteiger partial charge on any atom is -0.381 e. The highest BCUT2D eigenvalue weighted by Crippen LogP contribution is 2.28. The van der Waals surface area contributed by atoms with Crippen LogP contribution in [0.5, 0.6) is 0 Å². The van der Waals surface area contributed by atoms with Crippen LogP contribution in [-0.2, 0) is 14.4 Å². The number of aryl methyl sites for hydroxylation is 1. The van der Waals surface area contributed by atoms with Crippen LogP contribution >= 0.6 is 0 Å². The Morgan fingerprint density at radius 2 is 1.93 bits per heavy atom. The number of oxime groups is 1. The van der Waals surface area contributed by atoms with E-state index in [1.807, 2.05) is 25.1 Å². The molecule has 29 heavy (non-hydrogen) atoms. The second-order valence-electron chi connectivity index (χ2n) is 8.16. The van der Waals surface area contributed by atoms with Gasteiger partial charge in [-0.25, -0.2) is 4.98 Å². The molecule has 7 heteroatoms. The Morgan fingerprint density at radius 3 is 2.55 bits per heavy atom. The normalized spacial score (nSPS) is 18.4. The molecule has 1 N–H and O–H groups in total. The third kappa shape index (κ3) is 3.77. The highest BCUT2D eigenvalue weighted by atomic mass is 16.7. The zero-order valence-corrected chi connectivity index (χ0v) is 16.9. The predicted octanol–water partition coefficient (Wildman–Crippen LogP) is 3.66. The number of nitrogens with zero attached hydrogens (tertiary/aromatic N) is 3. The quantitative estimate of drug-likeness (QED) is 0.857. The van der Waals surface area contributed by atoms with Crippen LogP contribution in [0.3, 0.4) is 0 Å². The summed E-state index contributed by atoms with van der Waals surface area (Å²) in [4.78, 5) is 38.8. The van der Waals surface area contributed by atoms with Gasteiger partial charge in [0.25, 0.3) is 0 Å². The Morgan fingerprint density at radius 1 is 1.17 bits per heavy atom. The zero-order valence-electron chi connectivity index (χ0n) is 16.9. The molecule has 1 aliphatic heterocycles. The third-order valence-electron chi connectivity index (χ3n) is 5.54. The average Bonchev–Trinajstić information content (AvgIpc) is 3.33. The van der Waals surface area contributed by atoms with Gasteiger partial charge in [0, 0.05) is 17.0 Å². The van der Waals surface area contributed by atoms with Crippen LogP contribution in [0.25, 0.3) is 11.3 Å². The van der Waals surface area contributed by atoms with Gasteiger partial charge in [0.05, 0.1) is 18.1 Å². The fourth-order valence-electron chi connectivity index (χ4n) is 3.70. The Hall–Kier alpha value is -3.09. The molecule has 1 amide bonds. The lowest BCUT2D eigenvalue weighted by atomic mass is 9.93. The maximum absolute atomic E-state index is 12.5. The van der Waals surface area contributed by atoms with Crippen LogP contribution in [0.15, 0.2) is 35.7 Å². The fourth-order valence-corrected chi connectivity index (χ4v) is 3.70. The molecular formula is C22H24N4O3. The van der Waals surface area contributed by atoms with Crippen molar-refractivity contribution in [3.05, 3.63) is 41.7 Å². The van der Waals surface area contributed by atoms with Gasteiger partial charge in [0.1, 0.15) is 0 Å². The van der Waals surface area contributed by atoms with Crippen molar-refractivity contribution >= 4 is 23.2 Å². The molecule has 0 radical (unpaired) electrons. The summed E-state index contributed by atoms with van der Waals surface area (Å²) in [6.07, 6.45) is 7.29. The number of carbonyl (C=O) groups excluding carboxylic acids is 2. The van der Waals surface area contributed by atoms with Gasteiger partial charge in [-0.3, -0.25) is 14.6 Å². The predicted molar refractivity (Wildman–Crippen MR) is 110 cm³/mol. The average molecular weight is 392 g/mol. The number of carbonyl (C=O) groups is 2. The van der Waals surface area contributed by atoms with E-state index >= 15 is 0 Å². The topological polar surface area (TPSA) is 93.5 Å². The number of anilines is 1. The Balaban J connectivity index is 1.55. The Bertz CT molecular complexity index is 990. The first-order valence-electron chi connectivity index (χ1n) is 9.90. The number of rotatable bonds is 4. The molecule has 2 aliphatic rings. The molecule has 0 spiro atoms. The van der Waals surface area contributed by atoms with E-state index in [1.54, 1.807) is 26.2 Å². The number of ketones is 1. The molecule has 2 heterocycles. The van der Waals surface area contributed by atoms with Gasteiger partial charge < -0.3 is 10.2 Å². The SMILES string of the molecule is Cc1ccc(C2=NOC(C)(C)C2=O)cc1-c1cnc(NC(=O)C2CCCC2)cn1. The molecule has 1 saturated carbocycles. The summed E-state index contributed by atoms with van der Waals surface area (Å²) in [6.45, 7) is 5.37. The van der Waals surface area contributed by atoms with Crippen molar-refractivity contribution in [2.24, 2.45) is 11.1 Å². The van der Waals surface area contributed by atoms with Gasteiger partial charge in [-0.15, -0.1) is 0 Å². The molecule has 7 nitrogen and oxygen atoms in total. The molecule has 0 unspecified atom stereocenters. The van der Waals surface area contributed by atoms with E-state index in [1.165, 1.54) is 0 Å². The van der Waals surface area contributed by atoms with Crippen molar-refractivity contribution in [3.63, 3.8) is 0 Å². The summed E-state index contributed by atoms with van der Waals surface area (Å²) in [5.41, 5.74) is 2.56. The van der Waals surface area contributed by atoms with Crippen molar-refractivity contribution in [2.75, 3.05) is 5.32 Å². The minimum atomic E-state index is -0.945. The lowest BCUT2D eigenvalue weighted by Crippen LogP contribution is -2.33. The lowest BCUT2D eigenvalue weighted by molar-refractivity contribution is -0.128. The summed E-state index contributed by atoms with van der Waals surface area (Å²) in [5, 5.41) is 6.83. The molecule has 4 rings (SSSR count). The molecule has 0 saturated heterocycles. The van der Waals surface area contributed by atoms with Gasteiger partial charge in [0.15, 0.2) is 17.1 Å². The van der Waals surface area contributed by atoms with Crippen molar-refractivity contribution in [1.29, 1.82) is 0 Å². The van der Waals surface area contributed by atoms with Crippen LogP contribution in [0, 0.1) is 12.8 Å². The van der Waals surface area contributed by atoms with E-state index in [0.717, 1.165) is 36.8 Å². The van der Waals surface area contributed by atoms with Crippen LogP contribution in [0.2, 0.25) is 0 Å². The third-order valence-corrected chi connectivity index (χ3v) is 5.54. The van der Waals surface area contributed by atoms with Crippen molar-refractivity contribution < 1.29 is 14.4 Å². The van der Waals surface area contributed by atoms with E-state index in [9.17, 15) is 9.59 Å². The van der Waals surface area contributed by atoms with Gasteiger partial charge in [-0.05, 0) is 45.2 Å². The second-order valence-corrected chi connectivity index (χ2v) is 8.16. The van der Waals surface area contributed by atoms with Crippen molar-refractivity contribution in [3.8, 4) is 11.3 Å².